The number of hydrogen-bond donors (Lipinski definition) is 1. The third kappa shape index (κ3) is 3.21. The summed E-state index contributed by atoms with van der Waals surface area (Å²) in [4.78, 5) is 32.6. The molecule has 0 spiro atoms. The van der Waals surface area contributed by atoms with Crippen LogP contribution >= 0.6 is 0 Å². The molecule has 1 N–H and O–H groups in total. The minimum Gasteiger partial charge on any atom is -0.306 e. The Bertz CT molecular complexity index is 1050. The molecule has 0 radical (unpaired) electrons. The van der Waals surface area contributed by atoms with E-state index in [9.17, 15) is 14.0 Å². The summed E-state index contributed by atoms with van der Waals surface area (Å²) < 4.78 is 15.2. The van der Waals surface area contributed by atoms with Crippen LogP contribution < -0.4 is 5.32 Å². The predicted octanol–water partition coefficient (Wildman–Crippen LogP) is 2.91. The lowest BCUT2D eigenvalue weighted by Gasteiger charge is -2.13. The molecule has 0 saturated heterocycles. The first-order valence-corrected chi connectivity index (χ1v) is 8.48. The van der Waals surface area contributed by atoms with Crippen LogP contribution in [-0.4, -0.2) is 33.3 Å². The van der Waals surface area contributed by atoms with Gasteiger partial charge < -0.3 is 5.32 Å². The summed E-state index contributed by atoms with van der Waals surface area (Å²) in [7, 11) is 0. The molecular formula is C19H16FN5O2. The van der Waals surface area contributed by atoms with Crippen molar-refractivity contribution in [1.82, 2.24) is 9.78 Å². The van der Waals surface area contributed by atoms with E-state index in [-0.39, 0.29) is 22.9 Å². The molecule has 1 fully saturated rings. The van der Waals surface area contributed by atoms with Crippen molar-refractivity contribution in [3.63, 3.8) is 0 Å². The van der Waals surface area contributed by atoms with E-state index < -0.39 is 17.6 Å². The minimum absolute atomic E-state index is 0.0423. The molecule has 0 unspecified atom stereocenters. The number of carbonyl (C=O) groups excluding carboxylic acids is 2. The van der Waals surface area contributed by atoms with Gasteiger partial charge in [0, 0.05) is 12.0 Å². The average molecular weight is 365 g/mol. The second kappa shape index (κ2) is 6.39. The van der Waals surface area contributed by atoms with Crippen LogP contribution in [0.15, 0.2) is 52.5 Å². The highest BCUT2D eigenvalue weighted by molar-refractivity contribution is 6.28. The maximum absolute atomic E-state index is 13.9. The molecule has 136 valence electrons. The van der Waals surface area contributed by atoms with E-state index in [1.165, 1.54) is 22.9 Å². The fourth-order valence-electron chi connectivity index (χ4n) is 2.70. The van der Waals surface area contributed by atoms with Gasteiger partial charge in [0.2, 0.25) is 0 Å². The van der Waals surface area contributed by atoms with Gasteiger partial charge in [0.25, 0.3) is 17.8 Å². The third-order valence-electron chi connectivity index (χ3n) is 4.44. The zero-order valence-corrected chi connectivity index (χ0v) is 14.6. The van der Waals surface area contributed by atoms with Gasteiger partial charge in [-0.2, -0.15) is 14.8 Å². The fraction of sp³-hybridized carbons (Fsp3) is 0.211. The van der Waals surface area contributed by atoms with Gasteiger partial charge in [0.05, 0.1) is 22.5 Å². The molecule has 1 aliphatic carbocycles. The molecule has 2 amide bonds. The summed E-state index contributed by atoms with van der Waals surface area (Å²) in [6, 6.07) is 7.39. The molecule has 0 bridgehead atoms. The quantitative estimate of drug-likeness (QED) is 0.848. The zero-order valence-electron chi connectivity index (χ0n) is 14.6. The van der Waals surface area contributed by atoms with Gasteiger partial charge in [-0.05, 0) is 31.9 Å². The van der Waals surface area contributed by atoms with E-state index in [0.29, 0.717) is 11.6 Å². The van der Waals surface area contributed by atoms with Crippen molar-refractivity contribution in [2.45, 2.75) is 25.7 Å². The Kier molecular flexibility index (Phi) is 4.02. The standard InChI is InChI=1S/C19H16FN5O2/c1-10-11(2)21-19(23-17(10)26)25-16(9-15(24-25)12-7-8-12)22-18(27)13-5-3-4-6-14(13)20/h3-6,9,12H,1,7-8H2,2H3,(H,22,27). The Labute approximate surface area is 154 Å². The first-order valence-electron chi connectivity index (χ1n) is 8.48. The number of benzene rings is 1. The van der Waals surface area contributed by atoms with E-state index in [1.54, 1.807) is 19.1 Å². The molecule has 27 heavy (non-hydrogen) atoms. The lowest BCUT2D eigenvalue weighted by Crippen LogP contribution is -2.25. The smallest absolute Gasteiger partial charge is 0.281 e. The lowest BCUT2D eigenvalue weighted by atomic mass is 10.2. The van der Waals surface area contributed by atoms with Crippen LogP contribution in [0.25, 0.3) is 0 Å². The normalized spacial score (nSPS) is 16.8. The van der Waals surface area contributed by atoms with E-state index in [1.807, 2.05) is 0 Å². The Balaban J connectivity index is 1.72. The number of carbonyl (C=O) groups is 2. The van der Waals surface area contributed by atoms with E-state index in [4.69, 9.17) is 0 Å². The number of nitrogens with one attached hydrogen (secondary N) is 1. The highest BCUT2D eigenvalue weighted by atomic mass is 19.1. The summed E-state index contributed by atoms with van der Waals surface area (Å²) >= 11 is 0. The third-order valence-corrected chi connectivity index (χ3v) is 4.44. The molecule has 2 aromatic rings. The van der Waals surface area contributed by atoms with Crippen molar-refractivity contribution >= 4 is 29.3 Å². The van der Waals surface area contributed by atoms with Gasteiger partial charge in [-0.25, -0.2) is 9.38 Å². The SMILES string of the molecule is C=C1C(=O)N=C(n2nc(C3CC3)cc2NC(=O)c2ccccc2F)N=C1C. The van der Waals surface area contributed by atoms with Crippen molar-refractivity contribution in [2.75, 3.05) is 5.32 Å². The number of rotatable bonds is 3. The van der Waals surface area contributed by atoms with Gasteiger partial charge in [-0.1, -0.05) is 18.7 Å². The molecule has 2 aliphatic rings. The summed E-state index contributed by atoms with van der Waals surface area (Å²) in [6.45, 7) is 5.29. The molecule has 0 atom stereocenters. The molecule has 1 aromatic carbocycles. The number of amides is 2. The fourth-order valence-corrected chi connectivity index (χ4v) is 2.70. The van der Waals surface area contributed by atoms with Gasteiger partial charge in [0.1, 0.15) is 11.6 Å². The van der Waals surface area contributed by atoms with Crippen LogP contribution in [-0.2, 0) is 4.79 Å². The Morgan fingerprint density at radius 2 is 2.04 bits per heavy atom. The van der Waals surface area contributed by atoms with Gasteiger partial charge in [0.15, 0.2) is 0 Å². The first kappa shape index (κ1) is 17.0. The van der Waals surface area contributed by atoms with E-state index >= 15 is 0 Å². The highest BCUT2D eigenvalue weighted by Crippen LogP contribution is 2.40. The van der Waals surface area contributed by atoms with Crippen molar-refractivity contribution in [1.29, 1.82) is 0 Å². The topological polar surface area (TPSA) is 88.7 Å². The number of hydrogen-bond acceptors (Lipinski definition) is 4. The van der Waals surface area contributed by atoms with Gasteiger partial charge >= 0.3 is 0 Å². The number of aliphatic imine (C=N–C) groups is 2. The van der Waals surface area contributed by atoms with Crippen LogP contribution in [0.5, 0.6) is 0 Å². The maximum atomic E-state index is 13.9. The number of aromatic nitrogens is 2. The molecule has 1 aliphatic heterocycles. The van der Waals surface area contributed by atoms with Crippen molar-refractivity contribution in [2.24, 2.45) is 9.98 Å². The predicted molar refractivity (Wildman–Crippen MR) is 98.6 cm³/mol. The second-order valence-electron chi connectivity index (χ2n) is 6.47. The molecule has 1 aromatic heterocycles. The minimum atomic E-state index is -0.626. The second-order valence-corrected chi connectivity index (χ2v) is 6.47. The highest BCUT2D eigenvalue weighted by Gasteiger charge is 2.30. The first-order chi connectivity index (χ1) is 12.9. The van der Waals surface area contributed by atoms with Crippen molar-refractivity contribution < 1.29 is 14.0 Å². The van der Waals surface area contributed by atoms with Crippen LogP contribution in [0, 0.1) is 5.82 Å². The summed E-state index contributed by atoms with van der Waals surface area (Å²) in [5, 5.41) is 7.09. The molecular weight excluding hydrogens is 349 g/mol. The van der Waals surface area contributed by atoms with Crippen LogP contribution in [0.3, 0.4) is 0 Å². The largest absolute Gasteiger partial charge is 0.306 e. The monoisotopic (exact) mass is 365 g/mol. The molecule has 2 heterocycles. The number of anilines is 1. The Morgan fingerprint density at radius 1 is 1.30 bits per heavy atom. The van der Waals surface area contributed by atoms with Crippen LogP contribution in [0.4, 0.5) is 10.2 Å². The average Bonchev–Trinajstić information content (AvgIpc) is 3.40. The van der Waals surface area contributed by atoms with E-state index in [2.05, 4.69) is 27.0 Å². The Morgan fingerprint density at radius 3 is 2.70 bits per heavy atom. The maximum Gasteiger partial charge on any atom is 0.281 e. The summed E-state index contributed by atoms with van der Waals surface area (Å²) in [5.74, 6) is -1.13. The summed E-state index contributed by atoms with van der Waals surface area (Å²) in [5.41, 5.74) is 1.32. The molecule has 4 rings (SSSR count). The molecule has 7 nitrogen and oxygen atoms in total. The van der Waals surface area contributed by atoms with E-state index in [0.717, 1.165) is 18.5 Å². The van der Waals surface area contributed by atoms with Crippen LogP contribution in [0.1, 0.15) is 41.7 Å². The Hall–Kier alpha value is -3.42. The van der Waals surface area contributed by atoms with Crippen molar-refractivity contribution in [3.8, 4) is 0 Å². The lowest BCUT2D eigenvalue weighted by molar-refractivity contribution is -0.113. The molecule has 1 saturated carbocycles. The number of halogens is 1. The van der Waals surface area contributed by atoms with Gasteiger partial charge in [-0.15, -0.1) is 0 Å². The number of nitrogens with zero attached hydrogens (tertiary/aromatic N) is 4. The zero-order chi connectivity index (χ0) is 19.1. The molecule has 8 heteroatoms. The van der Waals surface area contributed by atoms with Crippen molar-refractivity contribution in [3.05, 3.63) is 59.6 Å². The summed E-state index contributed by atoms with van der Waals surface area (Å²) in [6.07, 6.45) is 2.00. The van der Waals surface area contributed by atoms with Crippen LogP contribution in [0.2, 0.25) is 0 Å². The van der Waals surface area contributed by atoms with Gasteiger partial charge in [-0.3, -0.25) is 9.59 Å².